The maximum atomic E-state index is 12.1. The summed E-state index contributed by atoms with van der Waals surface area (Å²) in [6.07, 6.45) is 2.01. The van der Waals surface area contributed by atoms with Crippen molar-refractivity contribution >= 4 is 11.6 Å². The average Bonchev–Trinajstić information content (AvgIpc) is 2.51. The van der Waals surface area contributed by atoms with Gasteiger partial charge in [-0.3, -0.25) is 4.79 Å². The fraction of sp³-hybridized carbons (Fsp3) is 0.562. The van der Waals surface area contributed by atoms with Crippen LogP contribution < -0.4 is 5.32 Å². The summed E-state index contributed by atoms with van der Waals surface area (Å²) < 4.78 is 11.1. The number of ether oxygens (including phenoxy) is 2. The Morgan fingerprint density at radius 2 is 2.00 bits per heavy atom. The number of rotatable bonds is 5. The molecule has 21 heavy (non-hydrogen) atoms. The van der Waals surface area contributed by atoms with Crippen molar-refractivity contribution in [1.82, 2.24) is 0 Å². The summed E-state index contributed by atoms with van der Waals surface area (Å²) in [5.41, 5.74) is 1.20. The molecule has 5 nitrogen and oxygen atoms in total. The van der Waals surface area contributed by atoms with Crippen LogP contribution in [0.5, 0.6) is 5.75 Å². The van der Waals surface area contributed by atoms with Gasteiger partial charge in [0, 0.05) is 11.5 Å². The Morgan fingerprint density at radius 1 is 1.33 bits per heavy atom. The first-order valence-electron chi connectivity index (χ1n) is 7.52. The molecule has 0 spiro atoms. The van der Waals surface area contributed by atoms with Crippen molar-refractivity contribution < 1.29 is 19.4 Å². The standard InChI is InChI=1S/C16H23NO4/c1-3-11(4-2)15(19)17-13-10-12(6-7-14(13)18)16-20-8-5-9-21-16/h6-7,10-11,16,18H,3-5,8-9H2,1-2H3,(H,17,19). The van der Waals surface area contributed by atoms with Crippen molar-refractivity contribution in [2.75, 3.05) is 18.5 Å². The van der Waals surface area contributed by atoms with Gasteiger partial charge in [-0.2, -0.15) is 0 Å². The third-order valence-corrected chi connectivity index (χ3v) is 3.73. The fourth-order valence-electron chi connectivity index (χ4n) is 2.37. The van der Waals surface area contributed by atoms with Crippen molar-refractivity contribution in [3.63, 3.8) is 0 Å². The van der Waals surface area contributed by atoms with Crippen LogP contribution >= 0.6 is 0 Å². The predicted octanol–water partition coefficient (Wildman–Crippen LogP) is 3.20. The topological polar surface area (TPSA) is 67.8 Å². The molecule has 1 aromatic rings. The van der Waals surface area contributed by atoms with E-state index in [0.29, 0.717) is 18.9 Å². The minimum atomic E-state index is -0.428. The highest BCUT2D eigenvalue weighted by Crippen LogP contribution is 2.31. The van der Waals surface area contributed by atoms with Crippen LogP contribution in [0.4, 0.5) is 5.69 Å². The zero-order valence-electron chi connectivity index (χ0n) is 12.6. The number of phenolic OH excluding ortho intramolecular Hbond substituents is 1. The molecule has 0 aromatic heterocycles. The van der Waals surface area contributed by atoms with Crippen LogP contribution in [-0.4, -0.2) is 24.2 Å². The Hall–Kier alpha value is -1.59. The van der Waals surface area contributed by atoms with Gasteiger partial charge in [-0.05, 0) is 31.4 Å². The molecule has 1 aliphatic heterocycles. The zero-order chi connectivity index (χ0) is 15.2. The molecule has 1 aromatic carbocycles. The van der Waals surface area contributed by atoms with Crippen LogP contribution in [0.1, 0.15) is 45.0 Å². The number of hydrogen-bond acceptors (Lipinski definition) is 4. The molecule has 1 fully saturated rings. The van der Waals surface area contributed by atoms with Gasteiger partial charge >= 0.3 is 0 Å². The second-order valence-corrected chi connectivity index (χ2v) is 5.21. The maximum absolute atomic E-state index is 12.1. The lowest BCUT2D eigenvalue weighted by Crippen LogP contribution is -2.22. The SMILES string of the molecule is CCC(CC)C(=O)Nc1cc(C2OCCCO2)ccc1O. The van der Waals surface area contributed by atoms with Gasteiger partial charge in [-0.25, -0.2) is 0 Å². The van der Waals surface area contributed by atoms with Crippen molar-refractivity contribution in [2.45, 2.75) is 39.4 Å². The summed E-state index contributed by atoms with van der Waals surface area (Å²) in [6.45, 7) is 5.27. The highest BCUT2D eigenvalue weighted by molar-refractivity contribution is 5.93. The molecule has 1 aliphatic rings. The van der Waals surface area contributed by atoms with E-state index in [-0.39, 0.29) is 17.6 Å². The van der Waals surface area contributed by atoms with E-state index in [1.54, 1.807) is 18.2 Å². The Morgan fingerprint density at radius 3 is 2.62 bits per heavy atom. The smallest absolute Gasteiger partial charge is 0.227 e. The van der Waals surface area contributed by atoms with Crippen LogP contribution in [0.15, 0.2) is 18.2 Å². The van der Waals surface area contributed by atoms with Crippen LogP contribution in [0.3, 0.4) is 0 Å². The van der Waals surface area contributed by atoms with Crippen molar-refractivity contribution in [3.8, 4) is 5.75 Å². The molecule has 0 atom stereocenters. The molecule has 2 N–H and O–H groups in total. The number of hydrogen-bond donors (Lipinski definition) is 2. The highest BCUT2D eigenvalue weighted by atomic mass is 16.7. The molecule has 1 saturated heterocycles. The van der Waals surface area contributed by atoms with E-state index in [4.69, 9.17) is 9.47 Å². The van der Waals surface area contributed by atoms with E-state index < -0.39 is 6.29 Å². The van der Waals surface area contributed by atoms with Gasteiger partial charge in [0.25, 0.3) is 0 Å². The second kappa shape index (κ2) is 7.43. The third kappa shape index (κ3) is 3.95. The highest BCUT2D eigenvalue weighted by Gasteiger charge is 2.20. The summed E-state index contributed by atoms with van der Waals surface area (Å²) in [5, 5.41) is 12.7. The number of amides is 1. The normalized spacial score (nSPS) is 16.1. The predicted molar refractivity (Wildman–Crippen MR) is 80.1 cm³/mol. The van der Waals surface area contributed by atoms with E-state index in [1.807, 2.05) is 13.8 Å². The van der Waals surface area contributed by atoms with Crippen LogP contribution in [-0.2, 0) is 14.3 Å². The Labute approximate surface area is 125 Å². The van der Waals surface area contributed by atoms with Crippen LogP contribution in [0.2, 0.25) is 0 Å². The number of carbonyl (C=O) groups is 1. The van der Waals surface area contributed by atoms with E-state index in [0.717, 1.165) is 24.8 Å². The lowest BCUT2D eigenvalue weighted by Gasteiger charge is -2.24. The molecule has 1 heterocycles. The molecule has 0 radical (unpaired) electrons. The Kier molecular flexibility index (Phi) is 5.59. The molecule has 0 bridgehead atoms. The second-order valence-electron chi connectivity index (χ2n) is 5.21. The number of aromatic hydroxyl groups is 1. The Bertz CT molecular complexity index is 479. The van der Waals surface area contributed by atoms with Gasteiger partial charge in [0.15, 0.2) is 6.29 Å². The number of phenols is 1. The van der Waals surface area contributed by atoms with Gasteiger partial charge in [-0.1, -0.05) is 19.9 Å². The zero-order valence-corrected chi connectivity index (χ0v) is 12.6. The molecule has 0 aliphatic carbocycles. The molecule has 5 heteroatoms. The molecular weight excluding hydrogens is 270 g/mol. The first kappa shape index (κ1) is 15.8. The number of anilines is 1. The number of carbonyl (C=O) groups excluding carboxylic acids is 1. The summed E-state index contributed by atoms with van der Waals surface area (Å²) in [6, 6.07) is 5.02. The molecular formula is C16H23NO4. The minimum Gasteiger partial charge on any atom is -0.506 e. The van der Waals surface area contributed by atoms with E-state index in [9.17, 15) is 9.90 Å². The van der Waals surface area contributed by atoms with E-state index in [1.165, 1.54) is 0 Å². The van der Waals surface area contributed by atoms with Gasteiger partial charge < -0.3 is 19.9 Å². The largest absolute Gasteiger partial charge is 0.506 e. The van der Waals surface area contributed by atoms with E-state index >= 15 is 0 Å². The monoisotopic (exact) mass is 293 g/mol. The Balaban J connectivity index is 2.13. The summed E-state index contributed by atoms with van der Waals surface area (Å²) in [4.78, 5) is 12.1. The minimum absolute atomic E-state index is 0.0461. The molecule has 116 valence electrons. The van der Waals surface area contributed by atoms with Gasteiger partial charge in [0.1, 0.15) is 5.75 Å². The molecule has 2 rings (SSSR count). The maximum Gasteiger partial charge on any atom is 0.227 e. The number of nitrogens with one attached hydrogen (secondary N) is 1. The number of benzene rings is 1. The van der Waals surface area contributed by atoms with Crippen molar-refractivity contribution in [2.24, 2.45) is 5.92 Å². The molecule has 0 unspecified atom stereocenters. The first-order chi connectivity index (χ1) is 10.2. The third-order valence-electron chi connectivity index (χ3n) is 3.73. The van der Waals surface area contributed by atoms with Gasteiger partial charge in [-0.15, -0.1) is 0 Å². The first-order valence-corrected chi connectivity index (χ1v) is 7.52. The molecule has 0 saturated carbocycles. The fourth-order valence-corrected chi connectivity index (χ4v) is 2.37. The van der Waals surface area contributed by atoms with Crippen molar-refractivity contribution in [1.29, 1.82) is 0 Å². The van der Waals surface area contributed by atoms with Crippen LogP contribution in [0.25, 0.3) is 0 Å². The summed E-state index contributed by atoms with van der Waals surface area (Å²) >= 11 is 0. The van der Waals surface area contributed by atoms with E-state index in [2.05, 4.69) is 5.32 Å². The molecule has 1 amide bonds. The van der Waals surface area contributed by atoms with Gasteiger partial charge in [0.2, 0.25) is 5.91 Å². The summed E-state index contributed by atoms with van der Waals surface area (Å²) in [7, 11) is 0. The van der Waals surface area contributed by atoms with Crippen LogP contribution in [0, 0.1) is 5.92 Å². The summed E-state index contributed by atoms with van der Waals surface area (Å²) in [5.74, 6) is -0.0676. The lowest BCUT2D eigenvalue weighted by molar-refractivity contribution is -0.183. The van der Waals surface area contributed by atoms with Gasteiger partial charge in [0.05, 0.1) is 18.9 Å². The quantitative estimate of drug-likeness (QED) is 0.818. The van der Waals surface area contributed by atoms with Crippen molar-refractivity contribution in [3.05, 3.63) is 23.8 Å². The lowest BCUT2D eigenvalue weighted by atomic mass is 10.0. The average molecular weight is 293 g/mol.